The third-order valence-corrected chi connectivity index (χ3v) is 6.78. The molecule has 6 heteroatoms. The van der Waals surface area contributed by atoms with Crippen LogP contribution in [0.3, 0.4) is 0 Å². The molecule has 0 atom stereocenters. The third-order valence-electron chi connectivity index (χ3n) is 2.93. The topological polar surface area (TPSA) is 25.8 Å². The molecule has 0 saturated carbocycles. The van der Waals surface area contributed by atoms with Gasteiger partial charge in [-0.3, -0.25) is 0 Å². The van der Waals surface area contributed by atoms with E-state index >= 15 is 0 Å². The molecule has 0 spiro atoms. The second-order valence-electron chi connectivity index (χ2n) is 4.54. The molecule has 0 aromatic carbocycles. The largest absolute Gasteiger partial charge is 0.223 e. The van der Waals surface area contributed by atoms with Gasteiger partial charge in [0.05, 0.1) is 0 Å². The smallest absolute Gasteiger partial charge is 0.155 e. The second kappa shape index (κ2) is 4.73. The van der Waals surface area contributed by atoms with Crippen molar-refractivity contribution >= 4 is 55.0 Å². The number of fused-ring (bicyclic) bond motifs is 1. The maximum absolute atomic E-state index is 4.73. The number of thiazole rings is 2. The molecule has 0 aliphatic carbocycles. The average molecular weight is 335 g/mol. The van der Waals surface area contributed by atoms with Gasteiger partial charge in [-0.1, -0.05) is 22.7 Å². The zero-order valence-corrected chi connectivity index (χ0v) is 14.1. The van der Waals surface area contributed by atoms with Gasteiger partial charge in [0.1, 0.15) is 10.0 Å². The van der Waals surface area contributed by atoms with E-state index in [0.717, 1.165) is 19.7 Å². The lowest BCUT2D eigenvalue weighted by molar-refractivity contribution is 1.49. The molecule has 4 heterocycles. The van der Waals surface area contributed by atoms with E-state index in [1.807, 2.05) is 0 Å². The quantitative estimate of drug-likeness (QED) is 0.461. The van der Waals surface area contributed by atoms with Crippen LogP contribution in [-0.4, -0.2) is 9.97 Å². The van der Waals surface area contributed by atoms with Gasteiger partial charge in [0, 0.05) is 31.6 Å². The fourth-order valence-electron chi connectivity index (χ4n) is 2.00. The molecule has 0 fully saturated rings. The van der Waals surface area contributed by atoms with E-state index in [1.54, 1.807) is 45.3 Å². The van der Waals surface area contributed by atoms with E-state index in [1.165, 1.54) is 20.9 Å². The molecule has 0 amide bonds. The number of aryl methyl sites for hydroxylation is 2. The van der Waals surface area contributed by atoms with Gasteiger partial charge < -0.3 is 0 Å². The molecule has 0 saturated heterocycles. The Morgan fingerprint density at radius 1 is 0.750 bits per heavy atom. The van der Waals surface area contributed by atoms with E-state index in [9.17, 15) is 0 Å². The molecule has 20 heavy (non-hydrogen) atoms. The number of thiophene rings is 2. The molecule has 0 radical (unpaired) electrons. The normalized spacial score (nSPS) is 11.5. The molecule has 0 bridgehead atoms. The van der Waals surface area contributed by atoms with Crippen LogP contribution in [0.5, 0.6) is 0 Å². The Hall–Kier alpha value is -1.08. The molecule has 4 aromatic heterocycles. The van der Waals surface area contributed by atoms with Crippen molar-refractivity contribution < 1.29 is 0 Å². The van der Waals surface area contributed by atoms with E-state index in [0.29, 0.717) is 0 Å². The summed E-state index contributed by atoms with van der Waals surface area (Å²) in [6, 6.07) is 4.38. The van der Waals surface area contributed by atoms with Crippen LogP contribution in [0.25, 0.3) is 30.8 Å². The van der Waals surface area contributed by atoms with Gasteiger partial charge in [-0.05, 0) is 26.0 Å². The Kier molecular flexibility index (Phi) is 2.99. The summed E-state index contributed by atoms with van der Waals surface area (Å²) >= 11 is 6.90. The minimum absolute atomic E-state index is 1.05. The number of hydrogen-bond donors (Lipinski definition) is 0. The first-order chi connectivity index (χ1) is 9.69. The highest BCUT2D eigenvalue weighted by molar-refractivity contribution is 7.29. The van der Waals surface area contributed by atoms with Crippen molar-refractivity contribution in [2.75, 3.05) is 0 Å². The predicted molar refractivity (Wildman–Crippen MR) is 91.4 cm³/mol. The van der Waals surface area contributed by atoms with Crippen molar-refractivity contribution in [2.24, 2.45) is 0 Å². The molecule has 2 nitrogen and oxygen atoms in total. The zero-order valence-electron chi connectivity index (χ0n) is 10.8. The molecule has 0 aliphatic rings. The van der Waals surface area contributed by atoms with Gasteiger partial charge in [0.25, 0.3) is 0 Å². The second-order valence-corrected chi connectivity index (χ2v) is 8.73. The lowest BCUT2D eigenvalue weighted by Crippen LogP contribution is -1.70. The first-order valence-electron chi connectivity index (χ1n) is 6.07. The van der Waals surface area contributed by atoms with Gasteiger partial charge >= 0.3 is 0 Å². The summed E-state index contributed by atoms with van der Waals surface area (Å²) in [5.41, 5.74) is 2.44. The summed E-state index contributed by atoms with van der Waals surface area (Å²) in [5, 5.41) is 6.49. The van der Waals surface area contributed by atoms with Gasteiger partial charge in [-0.15, -0.1) is 22.7 Å². The maximum atomic E-state index is 4.73. The Morgan fingerprint density at radius 3 is 1.55 bits per heavy atom. The van der Waals surface area contributed by atoms with Crippen molar-refractivity contribution in [3.63, 3.8) is 0 Å². The summed E-state index contributed by atoms with van der Waals surface area (Å²) in [5.74, 6) is 0. The average Bonchev–Trinajstić information content (AvgIpc) is 3.09. The highest BCUT2D eigenvalue weighted by Gasteiger charge is 2.14. The number of rotatable bonds is 2. The first-order valence-corrected chi connectivity index (χ1v) is 9.46. The van der Waals surface area contributed by atoms with E-state index < -0.39 is 0 Å². The Labute approximate surface area is 132 Å². The van der Waals surface area contributed by atoms with Gasteiger partial charge in [-0.2, -0.15) is 0 Å². The van der Waals surface area contributed by atoms with E-state index in [-0.39, 0.29) is 0 Å². The maximum Gasteiger partial charge on any atom is 0.155 e. The van der Waals surface area contributed by atoms with Gasteiger partial charge in [0.15, 0.2) is 9.66 Å². The summed E-state index contributed by atoms with van der Waals surface area (Å²) in [4.78, 5) is 14.2. The zero-order chi connectivity index (χ0) is 13.7. The van der Waals surface area contributed by atoms with Crippen molar-refractivity contribution in [1.29, 1.82) is 0 Å². The molecular weight excluding hydrogens is 324 g/mol. The van der Waals surface area contributed by atoms with Crippen LogP contribution >= 0.6 is 45.3 Å². The van der Waals surface area contributed by atoms with Crippen LogP contribution in [0.1, 0.15) is 9.75 Å². The van der Waals surface area contributed by atoms with Crippen molar-refractivity contribution in [2.45, 2.75) is 13.8 Å². The van der Waals surface area contributed by atoms with Crippen molar-refractivity contribution in [3.05, 3.63) is 32.6 Å². The summed E-state index contributed by atoms with van der Waals surface area (Å²) in [7, 11) is 0. The van der Waals surface area contributed by atoms with E-state index in [2.05, 4.69) is 36.7 Å². The number of nitrogens with zero attached hydrogens (tertiary/aromatic N) is 2. The van der Waals surface area contributed by atoms with Crippen LogP contribution in [-0.2, 0) is 0 Å². The lowest BCUT2D eigenvalue weighted by Gasteiger charge is -1.88. The number of aromatic nitrogens is 2. The Balaban J connectivity index is 1.77. The van der Waals surface area contributed by atoms with Crippen molar-refractivity contribution in [3.8, 4) is 21.1 Å². The molecule has 0 unspecified atom stereocenters. The highest BCUT2D eigenvalue weighted by atomic mass is 32.1. The Morgan fingerprint density at radius 2 is 1.20 bits per heavy atom. The van der Waals surface area contributed by atoms with E-state index in [4.69, 9.17) is 9.97 Å². The van der Waals surface area contributed by atoms with Crippen LogP contribution in [0.2, 0.25) is 0 Å². The van der Waals surface area contributed by atoms with Crippen LogP contribution in [0.4, 0.5) is 0 Å². The monoisotopic (exact) mass is 334 g/mol. The molecular formula is C14H10N2S4. The first kappa shape index (κ1) is 12.6. The fraction of sp³-hybridized carbons (Fsp3) is 0.143. The summed E-state index contributed by atoms with van der Waals surface area (Å²) < 4.78 is 0. The van der Waals surface area contributed by atoms with Crippen LogP contribution in [0, 0.1) is 13.8 Å². The standard InChI is InChI=1S/C14H10N2S4/c1-7-3-9(5-17-7)11-15-13-14(19-11)16-12(20-13)10-4-8(2)18-6-10/h3-6H,1-2H3. The molecule has 0 aliphatic heterocycles. The minimum atomic E-state index is 1.05. The fourth-order valence-corrected chi connectivity index (χ4v) is 5.54. The Bertz CT molecular complexity index is 792. The summed E-state index contributed by atoms with van der Waals surface area (Å²) in [6.07, 6.45) is 0. The molecule has 4 rings (SSSR count). The number of hydrogen-bond acceptors (Lipinski definition) is 6. The predicted octanol–water partition coefficient (Wildman–Crippen LogP) is 5.83. The molecule has 0 N–H and O–H groups in total. The van der Waals surface area contributed by atoms with Crippen LogP contribution in [0.15, 0.2) is 22.9 Å². The SMILES string of the molecule is Cc1cc(-c2nc3sc(-c4csc(C)c4)nc3s2)cs1. The highest BCUT2D eigenvalue weighted by Crippen LogP contribution is 2.38. The summed E-state index contributed by atoms with van der Waals surface area (Å²) in [6.45, 7) is 4.25. The lowest BCUT2D eigenvalue weighted by atomic mass is 10.3. The van der Waals surface area contributed by atoms with Gasteiger partial charge in [-0.25, -0.2) is 9.97 Å². The molecule has 100 valence electrons. The minimum Gasteiger partial charge on any atom is -0.223 e. The molecule has 4 aromatic rings. The van der Waals surface area contributed by atoms with Gasteiger partial charge in [0.2, 0.25) is 0 Å². The third kappa shape index (κ3) is 2.13. The van der Waals surface area contributed by atoms with Crippen LogP contribution < -0.4 is 0 Å². The van der Waals surface area contributed by atoms with Crippen molar-refractivity contribution in [1.82, 2.24) is 9.97 Å².